The third-order valence-corrected chi connectivity index (χ3v) is 15.6. The van der Waals surface area contributed by atoms with Gasteiger partial charge in [-0.15, -0.1) is 5.10 Å². The fourth-order valence-corrected chi connectivity index (χ4v) is 12.7. The fourth-order valence-electron chi connectivity index (χ4n) is 11.3. The van der Waals surface area contributed by atoms with Crippen LogP contribution in [0, 0.1) is 33.5 Å². The van der Waals surface area contributed by atoms with Gasteiger partial charge in [-0.25, -0.2) is 4.98 Å². The third kappa shape index (κ3) is 5.05. The largest absolute Gasteiger partial charge is 0.453 e. The Bertz CT molecular complexity index is 2220. The molecular formula is C41H40ClF3N4O4S. The highest BCUT2D eigenvalue weighted by atomic mass is 35.5. The SMILES string of the molecule is CC12CCC(O)CC13C=CC1(C(C(=O)c4ccc(-c5cc(C(F)(F)F)ccc5Cl)o4)=C3)C2CCC2(C)C1CCC2(O)CSc1n[nH]c(-c2ccncc2)n1. The number of aromatic amines is 1. The van der Waals surface area contributed by atoms with E-state index < -0.39 is 39.7 Å². The van der Waals surface area contributed by atoms with Crippen LogP contribution in [0.2, 0.25) is 5.02 Å². The Balaban J connectivity index is 1.08. The molecule has 3 N–H and O–H groups in total. The molecule has 2 spiro atoms. The summed E-state index contributed by atoms with van der Waals surface area (Å²) in [6.45, 7) is 4.47. The number of ketones is 1. The lowest BCUT2D eigenvalue weighted by Crippen LogP contribution is -2.67. The molecule has 2 bridgehead atoms. The second-order valence-electron chi connectivity index (χ2n) is 16.5. The van der Waals surface area contributed by atoms with Crippen LogP contribution in [0.25, 0.3) is 22.7 Å². The molecule has 282 valence electrons. The number of nitrogens with one attached hydrogen (secondary N) is 1. The van der Waals surface area contributed by atoms with Crippen LogP contribution >= 0.6 is 23.4 Å². The number of hydrogen-bond acceptors (Lipinski definition) is 8. The van der Waals surface area contributed by atoms with E-state index in [1.54, 1.807) is 12.4 Å². The molecule has 0 radical (unpaired) electrons. The van der Waals surface area contributed by atoms with Crippen LogP contribution in [0.3, 0.4) is 0 Å². The summed E-state index contributed by atoms with van der Waals surface area (Å²) in [7, 11) is 0. The Morgan fingerprint density at radius 2 is 1.76 bits per heavy atom. The molecule has 0 amide bonds. The van der Waals surface area contributed by atoms with E-state index in [2.05, 4.69) is 52.2 Å². The van der Waals surface area contributed by atoms with Gasteiger partial charge >= 0.3 is 6.18 Å². The topological polar surface area (TPSA) is 125 Å². The number of furan rings is 1. The molecule has 4 aromatic rings. The van der Waals surface area contributed by atoms with Crippen molar-refractivity contribution in [2.75, 3.05) is 5.75 Å². The summed E-state index contributed by atoms with van der Waals surface area (Å²) in [6.07, 6.45) is 9.54. The lowest BCUT2D eigenvalue weighted by molar-refractivity contribution is -0.166. The minimum Gasteiger partial charge on any atom is -0.453 e. The van der Waals surface area contributed by atoms with Gasteiger partial charge in [-0.2, -0.15) is 13.2 Å². The minimum atomic E-state index is -4.58. The first-order valence-corrected chi connectivity index (χ1v) is 19.8. The molecule has 8 unspecified atom stereocenters. The minimum absolute atomic E-state index is 0.0129. The van der Waals surface area contributed by atoms with Gasteiger partial charge in [0.05, 0.1) is 22.3 Å². The normalized spacial score (nSPS) is 35.3. The number of aromatic nitrogens is 4. The zero-order valence-corrected chi connectivity index (χ0v) is 31.4. The molecule has 8 nitrogen and oxygen atoms in total. The summed E-state index contributed by atoms with van der Waals surface area (Å²) >= 11 is 7.78. The van der Waals surface area contributed by atoms with E-state index in [0.717, 1.165) is 37.0 Å². The fraction of sp³-hybridized carbons (Fsp3) is 0.463. The Morgan fingerprint density at radius 1 is 1.02 bits per heavy atom. The number of hydrogen-bond donors (Lipinski definition) is 3. The smallest absolute Gasteiger partial charge is 0.416 e. The number of nitrogens with zero attached hydrogens (tertiary/aromatic N) is 3. The van der Waals surface area contributed by atoms with Crippen molar-refractivity contribution in [2.45, 2.75) is 81.8 Å². The summed E-state index contributed by atoms with van der Waals surface area (Å²) in [5, 5.41) is 31.7. The van der Waals surface area contributed by atoms with Crippen molar-refractivity contribution in [3.05, 3.63) is 95.0 Å². The molecule has 8 atom stereocenters. The maximum Gasteiger partial charge on any atom is 0.416 e. The molecule has 10 rings (SSSR count). The number of aliphatic hydroxyl groups excluding tert-OH is 1. The van der Waals surface area contributed by atoms with Crippen molar-refractivity contribution in [2.24, 2.45) is 33.5 Å². The molecule has 0 aliphatic heterocycles. The van der Waals surface area contributed by atoms with E-state index in [1.165, 1.54) is 30.0 Å². The van der Waals surface area contributed by atoms with Gasteiger partial charge in [0, 0.05) is 51.1 Å². The summed E-state index contributed by atoms with van der Waals surface area (Å²) in [6, 6.07) is 9.74. The molecular weight excluding hydrogens is 737 g/mol. The van der Waals surface area contributed by atoms with Crippen LogP contribution in [0.1, 0.15) is 74.9 Å². The second kappa shape index (κ2) is 12.1. The van der Waals surface area contributed by atoms with Crippen molar-refractivity contribution in [1.82, 2.24) is 20.2 Å². The van der Waals surface area contributed by atoms with Gasteiger partial charge in [0.1, 0.15) is 5.76 Å². The van der Waals surface area contributed by atoms with Crippen LogP contribution in [-0.2, 0) is 6.18 Å². The number of thioether (sulfide) groups is 1. The van der Waals surface area contributed by atoms with Crippen LogP contribution < -0.4 is 0 Å². The number of halogens is 4. The average molecular weight is 777 g/mol. The predicted octanol–water partition coefficient (Wildman–Crippen LogP) is 9.36. The van der Waals surface area contributed by atoms with Gasteiger partial charge in [-0.1, -0.05) is 55.4 Å². The molecule has 3 heterocycles. The van der Waals surface area contributed by atoms with E-state index in [1.807, 2.05) is 12.1 Å². The number of alkyl halides is 3. The number of Topliss-reactive ketones (excluding diaryl/α,β-unsaturated/α-hetero) is 1. The Kier molecular flexibility index (Phi) is 8.09. The van der Waals surface area contributed by atoms with Gasteiger partial charge in [-0.05, 0) is 105 Å². The number of allylic oxidation sites excluding steroid dienone is 4. The highest BCUT2D eigenvalue weighted by Gasteiger charge is 2.74. The molecule has 6 aliphatic carbocycles. The maximum atomic E-state index is 15.0. The predicted molar refractivity (Wildman–Crippen MR) is 197 cm³/mol. The number of pyridine rings is 1. The van der Waals surface area contributed by atoms with Crippen LogP contribution in [-0.4, -0.2) is 53.6 Å². The lowest BCUT2D eigenvalue weighted by Gasteiger charge is -2.71. The first kappa shape index (κ1) is 36.0. The molecule has 3 saturated carbocycles. The van der Waals surface area contributed by atoms with Crippen LogP contribution in [0.5, 0.6) is 0 Å². The summed E-state index contributed by atoms with van der Waals surface area (Å²) in [4.78, 5) is 23.7. The van der Waals surface area contributed by atoms with Gasteiger partial charge in [-0.3, -0.25) is 14.9 Å². The Morgan fingerprint density at radius 3 is 2.54 bits per heavy atom. The standard InChI is InChI=1S/C41H40ClF3N4O4S/c1-36-12-7-25(50)20-38(36)15-16-40(27(21-38)33(51)30-6-5-29(53-30)26-19-24(41(43,44)45)3-4-28(26)42)31(36)8-13-37(2)32(40)9-14-39(37,52)22-54-35-47-34(48-49-35)23-10-17-46-18-11-23/h3-6,10-11,15-19,21,25,31-32,50,52H,7-9,12-14,20,22H2,1-2H3,(H,47,48,49). The molecule has 0 saturated heterocycles. The molecule has 54 heavy (non-hydrogen) atoms. The summed E-state index contributed by atoms with van der Waals surface area (Å²) in [5.41, 5.74) is -2.57. The highest BCUT2D eigenvalue weighted by molar-refractivity contribution is 7.99. The summed E-state index contributed by atoms with van der Waals surface area (Å²) in [5.74, 6) is 0.694. The third-order valence-electron chi connectivity index (χ3n) is 14.2. The Hall–Kier alpha value is -3.71. The van der Waals surface area contributed by atoms with Crippen LogP contribution in [0.15, 0.2) is 88.2 Å². The molecule has 3 aromatic heterocycles. The molecule has 3 fully saturated rings. The molecule has 13 heteroatoms. The van der Waals surface area contributed by atoms with E-state index in [4.69, 9.17) is 16.0 Å². The van der Waals surface area contributed by atoms with E-state index in [-0.39, 0.29) is 45.1 Å². The second-order valence-corrected chi connectivity index (χ2v) is 17.8. The van der Waals surface area contributed by atoms with Crippen molar-refractivity contribution in [3.63, 3.8) is 0 Å². The first-order valence-electron chi connectivity index (χ1n) is 18.4. The number of rotatable bonds is 7. The zero-order chi connectivity index (χ0) is 37.9. The highest BCUT2D eigenvalue weighted by Crippen LogP contribution is 2.78. The summed E-state index contributed by atoms with van der Waals surface area (Å²) < 4.78 is 47.0. The number of carbonyl (C=O) groups is 1. The van der Waals surface area contributed by atoms with Crippen molar-refractivity contribution in [1.29, 1.82) is 0 Å². The number of fused-ring (bicyclic) bond motifs is 1. The number of H-pyrrole nitrogens is 1. The van der Waals surface area contributed by atoms with E-state index in [9.17, 15) is 28.2 Å². The van der Waals surface area contributed by atoms with Gasteiger partial charge in [0.25, 0.3) is 0 Å². The van der Waals surface area contributed by atoms with Gasteiger partial charge < -0.3 is 14.6 Å². The quantitative estimate of drug-likeness (QED) is 0.0964. The monoisotopic (exact) mass is 776 g/mol. The number of aliphatic hydroxyl groups is 2. The lowest BCUT2D eigenvalue weighted by atomic mass is 9.32. The van der Waals surface area contributed by atoms with E-state index in [0.29, 0.717) is 48.0 Å². The number of benzene rings is 1. The average Bonchev–Trinajstić information content (AvgIpc) is 3.89. The van der Waals surface area contributed by atoms with Gasteiger partial charge in [0.2, 0.25) is 10.9 Å². The van der Waals surface area contributed by atoms with Crippen LogP contribution in [0.4, 0.5) is 13.2 Å². The maximum absolute atomic E-state index is 15.0. The van der Waals surface area contributed by atoms with Gasteiger partial charge in [0.15, 0.2) is 11.6 Å². The zero-order valence-electron chi connectivity index (χ0n) is 29.8. The molecule has 1 aromatic carbocycles. The van der Waals surface area contributed by atoms with Crippen molar-refractivity contribution in [3.8, 4) is 22.7 Å². The van der Waals surface area contributed by atoms with Crippen molar-refractivity contribution >= 4 is 29.1 Å². The first-order chi connectivity index (χ1) is 25.6. The number of carbonyl (C=O) groups excluding carboxylic acids is 1. The van der Waals surface area contributed by atoms with Crippen molar-refractivity contribution < 1.29 is 32.6 Å². The van der Waals surface area contributed by atoms with E-state index >= 15 is 0 Å². The Labute approximate surface area is 319 Å². The molecule has 6 aliphatic rings.